The van der Waals surface area contributed by atoms with Crippen molar-refractivity contribution in [1.29, 1.82) is 0 Å². The van der Waals surface area contributed by atoms with Crippen LogP contribution in [0, 0.1) is 5.92 Å². The smallest absolute Gasteiger partial charge is 0.222 e. The molecule has 112 valence electrons. The predicted molar refractivity (Wildman–Crippen MR) is 82.0 cm³/mol. The maximum absolute atomic E-state index is 11.4. The summed E-state index contributed by atoms with van der Waals surface area (Å²) >= 11 is 0. The summed E-state index contributed by atoms with van der Waals surface area (Å²) in [6.45, 7) is 7.40. The zero-order valence-corrected chi connectivity index (χ0v) is 12.9. The molecule has 1 aromatic rings. The Morgan fingerprint density at radius 1 is 1.15 bits per heavy atom. The van der Waals surface area contributed by atoms with E-state index in [4.69, 9.17) is 4.74 Å². The van der Waals surface area contributed by atoms with Gasteiger partial charge in [0.15, 0.2) is 0 Å². The van der Waals surface area contributed by atoms with Gasteiger partial charge in [0.1, 0.15) is 5.75 Å². The lowest BCUT2D eigenvalue weighted by Gasteiger charge is -2.15. The molecule has 4 heteroatoms. The number of amides is 1. The van der Waals surface area contributed by atoms with Crippen molar-refractivity contribution in [3.05, 3.63) is 29.8 Å². The molecule has 0 bridgehead atoms. The Morgan fingerprint density at radius 3 is 2.35 bits per heavy atom. The van der Waals surface area contributed by atoms with Crippen LogP contribution in [0.2, 0.25) is 0 Å². The highest BCUT2D eigenvalue weighted by Gasteiger charge is 2.06. The van der Waals surface area contributed by atoms with Crippen molar-refractivity contribution in [2.75, 3.05) is 20.2 Å². The van der Waals surface area contributed by atoms with Crippen molar-refractivity contribution in [2.24, 2.45) is 5.92 Å². The van der Waals surface area contributed by atoms with E-state index in [0.717, 1.165) is 18.7 Å². The van der Waals surface area contributed by atoms with E-state index in [1.807, 2.05) is 26.0 Å². The van der Waals surface area contributed by atoms with Gasteiger partial charge in [0, 0.05) is 25.0 Å². The maximum atomic E-state index is 11.4. The molecule has 1 amide bonds. The van der Waals surface area contributed by atoms with Crippen LogP contribution in [0.15, 0.2) is 24.3 Å². The number of benzene rings is 1. The number of carbonyl (C=O) groups is 1. The zero-order chi connectivity index (χ0) is 15.0. The van der Waals surface area contributed by atoms with E-state index in [1.165, 1.54) is 5.56 Å². The van der Waals surface area contributed by atoms with Gasteiger partial charge in [-0.2, -0.15) is 0 Å². The van der Waals surface area contributed by atoms with Crippen molar-refractivity contribution in [3.8, 4) is 5.75 Å². The fourth-order valence-corrected chi connectivity index (χ4v) is 1.90. The normalized spacial score (nSPS) is 12.2. The molecule has 0 heterocycles. The molecule has 1 rings (SSSR count). The number of methoxy groups -OCH3 is 1. The van der Waals surface area contributed by atoms with Gasteiger partial charge in [0.2, 0.25) is 5.91 Å². The van der Waals surface area contributed by atoms with Crippen LogP contribution in [0.5, 0.6) is 5.75 Å². The lowest BCUT2D eigenvalue weighted by Crippen LogP contribution is -2.37. The molecule has 1 aromatic carbocycles. The molecule has 0 fully saturated rings. The minimum Gasteiger partial charge on any atom is -0.497 e. The van der Waals surface area contributed by atoms with Crippen LogP contribution in [-0.4, -0.2) is 32.1 Å². The summed E-state index contributed by atoms with van der Waals surface area (Å²) in [6.07, 6.45) is 0.960. The Kier molecular flexibility index (Phi) is 7.09. The number of nitrogens with one attached hydrogen (secondary N) is 2. The number of hydrogen-bond acceptors (Lipinski definition) is 3. The SMILES string of the molecule is COc1ccc(CC(C)NCCNC(=O)C(C)C)cc1. The molecule has 0 saturated heterocycles. The highest BCUT2D eigenvalue weighted by Crippen LogP contribution is 2.12. The summed E-state index contributed by atoms with van der Waals surface area (Å²) in [5.41, 5.74) is 1.28. The zero-order valence-electron chi connectivity index (χ0n) is 12.9. The number of hydrogen-bond donors (Lipinski definition) is 2. The number of rotatable bonds is 8. The van der Waals surface area contributed by atoms with Crippen LogP contribution in [0.1, 0.15) is 26.3 Å². The largest absolute Gasteiger partial charge is 0.497 e. The summed E-state index contributed by atoms with van der Waals surface area (Å²) < 4.78 is 5.14. The maximum Gasteiger partial charge on any atom is 0.222 e. The third-order valence-corrected chi connectivity index (χ3v) is 3.14. The summed E-state index contributed by atoms with van der Waals surface area (Å²) in [6, 6.07) is 8.49. The molecular weight excluding hydrogens is 252 g/mol. The van der Waals surface area contributed by atoms with E-state index in [-0.39, 0.29) is 11.8 Å². The van der Waals surface area contributed by atoms with Gasteiger partial charge in [-0.05, 0) is 31.0 Å². The van der Waals surface area contributed by atoms with Crippen LogP contribution in [0.25, 0.3) is 0 Å². The highest BCUT2D eigenvalue weighted by atomic mass is 16.5. The van der Waals surface area contributed by atoms with Crippen molar-refractivity contribution in [3.63, 3.8) is 0 Å². The summed E-state index contributed by atoms with van der Waals surface area (Å²) in [4.78, 5) is 11.4. The second kappa shape index (κ2) is 8.59. The van der Waals surface area contributed by atoms with Crippen molar-refractivity contribution in [1.82, 2.24) is 10.6 Å². The van der Waals surface area contributed by atoms with Gasteiger partial charge >= 0.3 is 0 Å². The average Bonchev–Trinajstić information content (AvgIpc) is 2.44. The van der Waals surface area contributed by atoms with Crippen LogP contribution >= 0.6 is 0 Å². The van der Waals surface area contributed by atoms with E-state index >= 15 is 0 Å². The Hall–Kier alpha value is -1.55. The number of carbonyl (C=O) groups excluding carboxylic acids is 1. The van der Waals surface area contributed by atoms with Gasteiger partial charge in [-0.1, -0.05) is 26.0 Å². The third kappa shape index (κ3) is 6.06. The van der Waals surface area contributed by atoms with E-state index in [2.05, 4.69) is 29.7 Å². The van der Waals surface area contributed by atoms with E-state index in [0.29, 0.717) is 12.6 Å². The Morgan fingerprint density at radius 2 is 1.80 bits per heavy atom. The summed E-state index contributed by atoms with van der Waals surface area (Å²) in [5, 5.41) is 6.31. The van der Waals surface area contributed by atoms with E-state index in [9.17, 15) is 4.79 Å². The van der Waals surface area contributed by atoms with Crippen LogP contribution < -0.4 is 15.4 Å². The van der Waals surface area contributed by atoms with E-state index < -0.39 is 0 Å². The molecule has 0 aliphatic carbocycles. The molecule has 1 unspecified atom stereocenters. The molecule has 0 aliphatic rings. The number of ether oxygens (including phenoxy) is 1. The summed E-state index contributed by atoms with van der Waals surface area (Å²) in [7, 11) is 1.67. The standard InChI is InChI=1S/C16H26N2O2/c1-12(2)16(19)18-10-9-17-13(3)11-14-5-7-15(20-4)8-6-14/h5-8,12-13,17H,9-11H2,1-4H3,(H,18,19). The molecule has 0 aromatic heterocycles. The minimum atomic E-state index is 0.0479. The van der Waals surface area contributed by atoms with Crippen molar-refractivity contribution in [2.45, 2.75) is 33.2 Å². The molecule has 0 aliphatic heterocycles. The Bertz CT molecular complexity index is 401. The van der Waals surface area contributed by atoms with E-state index in [1.54, 1.807) is 7.11 Å². The lowest BCUT2D eigenvalue weighted by molar-refractivity contribution is -0.123. The summed E-state index contributed by atoms with van der Waals surface area (Å²) in [5.74, 6) is 1.03. The van der Waals surface area contributed by atoms with Gasteiger partial charge in [-0.15, -0.1) is 0 Å². The molecule has 0 saturated carbocycles. The van der Waals surface area contributed by atoms with Crippen LogP contribution in [0.4, 0.5) is 0 Å². The fourth-order valence-electron chi connectivity index (χ4n) is 1.90. The van der Waals surface area contributed by atoms with Crippen molar-refractivity contribution >= 4 is 5.91 Å². The highest BCUT2D eigenvalue weighted by molar-refractivity contribution is 5.77. The molecule has 2 N–H and O–H groups in total. The fraction of sp³-hybridized carbons (Fsp3) is 0.562. The molecular formula is C16H26N2O2. The quantitative estimate of drug-likeness (QED) is 0.715. The van der Waals surface area contributed by atoms with Gasteiger partial charge in [-0.3, -0.25) is 4.79 Å². The second-order valence-corrected chi connectivity index (χ2v) is 5.35. The van der Waals surface area contributed by atoms with Gasteiger partial charge < -0.3 is 15.4 Å². The van der Waals surface area contributed by atoms with Gasteiger partial charge in [0.25, 0.3) is 0 Å². The Labute approximate surface area is 121 Å². The first-order valence-electron chi connectivity index (χ1n) is 7.17. The molecule has 0 radical (unpaired) electrons. The third-order valence-electron chi connectivity index (χ3n) is 3.14. The first kappa shape index (κ1) is 16.5. The van der Waals surface area contributed by atoms with Crippen molar-refractivity contribution < 1.29 is 9.53 Å². The monoisotopic (exact) mass is 278 g/mol. The first-order valence-corrected chi connectivity index (χ1v) is 7.17. The first-order chi connectivity index (χ1) is 9.52. The van der Waals surface area contributed by atoms with Gasteiger partial charge in [-0.25, -0.2) is 0 Å². The molecule has 0 spiro atoms. The molecule has 1 atom stereocenters. The van der Waals surface area contributed by atoms with Crippen LogP contribution in [0.3, 0.4) is 0 Å². The molecule has 4 nitrogen and oxygen atoms in total. The van der Waals surface area contributed by atoms with Gasteiger partial charge in [0.05, 0.1) is 7.11 Å². The lowest BCUT2D eigenvalue weighted by atomic mass is 10.1. The molecule has 20 heavy (non-hydrogen) atoms. The topological polar surface area (TPSA) is 50.4 Å². The second-order valence-electron chi connectivity index (χ2n) is 5.35. The average molecular weight is 278 g/mol. The Balaban J connectivity index is 2.22. The minimum absolute atomic E-state index is 0.0479. The van der Waals surface area contributed by atoms with Crippen LogP contribution in [-0.2, 0) is 11.2 Å². The predicted octanol–water partition coefficient (Wildman–Crippen LogP) is 1.99.